The average molecular weight is 188 g/mol. The molecule has 0 aliphatic carbocycles. The molecule has 0 atom stereocenters. The van der Waals surface area contributed by atoms with E-state index in [1.807, 2.05) is 0 Å². The second kappa shape index (κ2) is 6.89. The van der Waals surface area contributed by atoms with Crippen molar-refractivity contribution >= 4 is 0 Å². The highest BCUT2D eigenvalue weighted by Gasteiger charge is 1.84. The molecule has 1 aromatic heterocycles. The molecule has 0 bridgehead atoms. The summed E-state index contributed by atoms with van der Waals surface area (Å²) in [4.78, 5) is 6.42. The topological polar surface area (TPSA) is 28.7 Å². The number of benzene rings is 1. The van der Waals surface area contributed by atoms with E-state index in [0.29, 0.717) is 0 Å². The maximum atomic E-state index is 3.67. The predicted octanol–water partition coefficient (Wildman–Crippen LogP) is 3.05. The molecule has 0 amide bonds. The summed E-state index contributed by atoms with van der Waals surface area (Å²) in [6.07, 6.45) is 7.53. The third kappa shape index (κ3) is 4.45. The molecule has 0 unspecified atom stereocenters. The molecule has 0 spiro atoms. The summed E-state index contributed by atoms with van der Waals surface area (Å²) in [5.74, 6) is 0. The first-order valence-electron chi connectivity index (χ1n) is 4.90. The van der Waals surface area contributed by atoms with Crippen LogP contribution in [0.3, 0.4) is 0 Å². The molecule has 0 aliphatic heterocycles. The molecule has 0 saturated carbocycles. The minimum Gasteiger partial charge on any atom is -0.351 e. The second-order valence-corrected chi connectivity index (χ2v) is 3.00. The number of hydrogen-bond donors (Lipinski definition) is 1. The molecule has 1 aromatic carbocycles. The van der Waals surface area contributed by atoms with Gasteiger partial charge in [0.1, 0.15) is 0 Å². The SMILES string of the molecule is CCCc1ccccc1.c1c[nH]cn1. The van der Waals surface area contributed by atoms with Crippen LogP contribution in [0.4, 0.5) is 0 Å². The number of nitrogens with zero attached hydrogens (tertiary/aromatic N) is 1. The number of aromatic nitrogens is 2. The summed E-state index contributed by atoms with van der Waals surface area (Å²) < 4.78 is 0. The van der Waals surface area contributed by atoms with Gasteiger partial charge >= 0.3 is 0 Å². The highest BCUT2D eigenvalue weighted by Crippen LogP contribution is 2.00. The molecule has 0 radical (unpaired) electrons. The molecule has 74 valence electrons. The van der Waals surface area contributed by atoms with Crippen molar-refractivity contribution in [3.63, 3.8) is 0 Å². The highest BCUT2D eigenvalue weighted by molar-refractivity contribution is 5.14. The highest BCUT2D eigenvalue weighted by atomic mass is 14.8. The first-order valence-corrected chi connectivity index (χ1v) is 4.90. The van der Waals surface area contributed by atoms with E-state index in [4.69, 9.17) is 0 Å². The lowest BCUT2D eigenvalue weighted by atomic mass is 10.1. The van der Waals surface area contributed by atoms with Crippen molar-refractivity contribution in [3.05, 3.63) is 54.6 Å². The number of aromatic amines is 1. The number of imidazole rings is 1. The smallest absolute Gasteiger partial charge is 0.0919 e. The van der Waals surface area contributed by atoms with Crippen molar-refractivity contribution in [1.29, 1.82) is 0 Å². The van der Waals surface area contributed by atoms with Crippen molar-refractivity contribution < 1.29 is 0 Å². The summed E-state index contributed by atoms with van der Waals surface area (Å²) in [5, 5.41) is 0. The molecular formula is C12H16N2. The van der Waals surface area contributed by atoms with E-state index in [2.05, 4.69) is 47.2 Å². The monoisotopic (exact) mass is 188 g/mol. The zero-order valence-electron chi connectivity index (χ0n) is 8.48. The van der Waals surface area contributed by atoms with Gasteiger partial charge in [0.05, 0.1) is 6.33 Å². The molecule has 2 nitrogen and oxygen atoms in total. The van der Waals surface area contributed by atoms with Crippen molar-refractivity contribution in [2.75, 3.05) is 0 Å². The van der Waals surface area contributed by atoms with Gasteiger partial charge in [0, 0.05) is 12.4 Å². The third-order valence-electron chi connectivity index (χ3n) is 1.79. The van der Waals surface area contributed by atoms with Crippen LogP contribution >= 0.6 is 0 Å². The van der Waals surface area contributed by atoms with Gasteiger partial charge in [0.25, 0.3) is 0 Å². The van der Waals surface area contributed by atoms with E-state index in [-0.39, 0.29) is 0 Å². The van der Waals surface area contributed by atoms with Crippen LogP contribution < -0.4 is 0 Å². The van der Waals surface area contributed by atoms with E-state index in [9.17, 15) is 0 Å². The molecule has 2 rings (SSSR count). The van der Waals surface area contributed by atoms with Crippen LogP contribution in [0.5, 0.6) is 0 Å². The van der Waals surface area contributed by atoms with Gasteiger partial charge in [-0.25, -0.2) is 4.98 Å². The summed E-state index contributed by atoms with van der Waals surface area (Å²) in [5.41, 5.74) is 1.44. The Labute approximate surface area is 85.0 Å². The van der Waals surface area contributed by atoms with Crippen LogP contribution in [0.15, 0.2) is 49.1 Å². The number of aryl methyl sites for hydroxylation is 1. The first-order chi connectivity index (χ1) is 6.93. The average Bonchev–Trinajstić information content (AvgIpc) is 2.78. The molecule has 14 heavy (non-hydrogen) atoms. The maximum Gasteiger partial charge on any atom is 0.0919 e. The largest absolute Gasteiger partial charge is 0.351 e. The lowest BCUT2D eigenvalue weighted by Crippen LogP contribution is -1.78. The Morgan fingerprint density at radius 3 is 2.43 bits per heavy atom. The molecular weight excluding hydrogens is 172 g/mol. The maximum absolute atomic E-state index is 3.67. The van der Waals surface area contributed by atoms with Gasteiger partial charge in [0.15, 0.2) is 0 Å². The van der Waals surface area contributed by atoms with Crippen LogP contribution in [0.1, 0.15) is 18.9 Å². The summed E-state index contributed by atoms with van der Waals surface area (Å²) in [6.45, 7) is 2.20. The van der Waals surface area contributed by atoms with Gasteiger partial charge < -0.3 is 4.98 Å². The first kappa shape index (κ1) is 10.5. The van der Waals surface area contributed by atoms with Gasteiger partial charge in [-0.1, -0.05) is 43.7 Å². The Hall–Kier alpha value is -1.57. The molecule has 2 heteroatoms. The van der Waals surface area contributed by atoms with Crippen molar-refractivity contribution in [2.45, 2.75) is 19.8 Å². The number of hydrogen-bond acceptors (Lipinski definition) is 1. The van der Waals surface area contributed by atoms with Crippen molar-refractivity contribution in [2.24, 2.45) is 0 Å². The molecule has 1 N–H and O–H groups in total. The standard InChI is InChI=1S/C9H12.C3H4N2/c1-2-6-9-7-4-3-5-8-9;1-2-5-3-4-1/h3-5,7-8H,2,6H2,1H3;1-3H,(H,4,5). The quantitative estimate of drug-likeness (QED) is 0.771. The van der Waals surface area contributed by atoms with Gasteiger partial charge in [-0.2, -0.15) is 0 Å². The Bertz CT molecular complexity index is 283. The van der Waals surface area contributed by atoms with Gasteiger partial charge in [-0.15, -0.1) is 0 Å². The Balaban J connectivity index is 0.000000165. The van der Waals surface area contributed by atoms with Crippen LogP contribution in [0.2, 0.25) is 0 Å². The number of nitrogens with one attached hydrogen (secondary N) is 1. The zero-order chi connectivity index (χ0) is 10.1. The summed E-state index contributed by atoms with van der Waals surface area (Å²) in [7, 11) is 0. The Morgan fingerprint density at radius 1 is 1.21 bits per heavy atom. The molecule has 2 aromatic rings. The van der Waals surface area contributed by atoms with Crippen LogP contribution in [0.25, 0.3) is 0 Å². The molecule has 0 fully saturated rings. The van der Waals surface area contributed by atoms with Crippen LogP contribution in [0, 0.1) is 0 Å². The van der Waals surface area contributed by atoms with E-state index in [0.717, 1.165) is 0 Å². The van der Waals surface area contributed by atoms with Crippen LogP contribution in [-0.4, -0.2) is 9.97 Å². The lowest BCUT2D eigenvalue weighted by Gasteiger charge is -1.93. The zero-order valence-corrected chi connectivity index (χ0v) is 8.48. The third-order valence-corrected chi connectivity index (χ3v) is 1.79. The summed E-state index contributed by atoms with van der Waals surface area (Å²) in [6, 6.07) is 10.6. The lowest BCUT2D eigenvalue weighted by molar-refractivity contribution is 0.922. The van der Waals surface area contributed by atoms with Crippen LogP contribution in [-0.2, 0) is 6.42 Å². The summed E-state index contributed by atoms with van der Waals surface area (Å²) >= 11 is 0. The normalized spacial score (nSPS) is 8.93. The fourth-order valence-electron chi connectivity index (χ4n) is 1.15. The van der Waals surface area contributed by atoms with E-state index in [1.54, 1.807) is 18.7 Å². The Kier molecular flexibility index (Phi) is 5.18. The van der Waals surface area contributed by atoms with Crippen molar-refractivity contribution in [1.82, 2.24) is 9.97 Å². The predicted molar refractivity (Wildman–Crippen MR) is 59.0 cm³/mol. The fraction of sp³-hybridized carbons (Fsp3) is 0.250. The van der Waals surface area contributed by atoms with E-state index in [1.165, 1.54) is 18.4 Å². The second-order valence-electron chi connectivity index (χ2n) is 3.00. The van der Waals surface area contributed by atoms with E-state index >= 15 is 0 Å². The number of H-pyrrole nitrogens is 1. The molecule has 0 aliphatic rings. The molecule has 1 heterocycles. The van der Waals surface area contributed by atoms with Crippen molar-refractivity contribution in [3.8, 4) is 0 Å². The minimum absolute atomic E-state index is 1.21. The molecule has 0 saturated heterocycles. The number of rotatable bonds is 2. The fourth-order valence-corrected chi connectivity index (χ4v) is 1.15. The van der Waals surface area contributed by atoms with Gasteiger partial charge in [-0.05, 0) is 12.0 Å². The van der Waals surface area contributed by atoms with E-state index < -0.39 is 0 Å². The minimum atomic E-state index is 1.21. The van der Waals surface area contributed by atoms with Gasteiger partial charge in [0.2, 0.25) is 0 Å². The Morgan fingerprint density at radius 2 is 2.00 bits per heavy atom. The van der Waals surface area contributed by atoms with Gasteiger partial charge in [-0.3, -0.25) is 0 Å².